The minimum atomic E-state index is 0.385. The Morgan fingerprint density at radius 3 is 2.93 bits per heavy atom. The lowest BCUT2D eigenvalue weighted by atomic mass is 10.2. The second-order valence-electron chi connectivity index (χ2n) is 2.62. The van der Waals surface area contributed by atoms with Crippen molar-refractivity contribution in [3.8, 4) is 5.75 Å². The zero-order chi connectivity index (χ0) is 10.4. The normalized spacial score (nSPS) is 10.8. The molecule has 3 nitrogen and oxygen atoms in total. The molecule has 4 heteroatoms. The molecular weight excluding hydrogens is 246 g/mol. The van der Waals surface area contributed by atoms with Crippen molar-refractivity contribution in [2.45, 2.75) is 0 Å². The highest BCUT2D eigenvalue weighted by Gasteiger charge is 1.99. The SMILES string of the molecule is COc1ccc(Br)cc1C=CCON. The zero-order valence-electron chi connectivity index (χ0n) is 7.87. The van der Waals surface area contributed by atoms with E-state index in [1.807, 2.05) is 30.4 Å². The molecule has 1 aromatic rings. The molecular formula is C10H12BrNO2. The molecule has 0 aromatic heterocycles. The number of rotatable bonds is 4. The van der Waals surface area contributed by atoms with Gasteiger partial charge in [-0.2, -0.15) is 0 Å². The average molecular weight is 258 g/mol. The predicted octanol–water partition coefficient (Wildman–Crippen LogP) is 2.36. The Kier molecular flexibility index (Phi) is 4.65. The molecule has 2 N–H and O–H groups in total. The van der Waals surface area contributed by atoms with Crippen LogP contribution in [0.4, 0.5) is 0 Å². The van der Waals surface area contributed by atoms with Crippen LogP contribution < -0.4 is 10.6 Å². The number of nitrogens with two attached hydrogens (primary N) is 1. The van der Waals surface area contributed by atoms with E-state index in [0.29, 0.717) is 6.61 Å². The van der Waals surface area contributed by atoms with Gasteiger partial charge in [-0.25, -0.2) is 5.90 Å². The maximum Gasteiger partial charge on any atom is 0.126 e. The summed E-state index contributed by atoms with van der Waals surface area (Å²) in [7, 11) is 1.64. The zero-order valence-corrected chi connectivity index (χ0v) is 9.45. The van der Waals surface area contributed by atoms with Crippen LogP contribution in [0.5, 0.6) is 5.75 Å². The molecule has 0 spiro atoms. The van der Waals surface area contributed by atoms with Crippen LogP contribution in [0.1, 0.15) is 5.56 Å². The number of methoxy groups -OCH3 is 1. The Labute approximate surface area is 91.6 Å². The van der Waals surface area contributed by atoms with Gasteiger partial charge in [0.25, 0.3) is 0 Å². The van der Waals surface area contributed by atoms with Crippen LogP contribution in [0, 0.1) is 0 Å². The smallest absolute Gasteiger partial charge is 0.126 e. The van der Waals surface area contributed by atoms with Crippen LogP contribution in [0.25, 0.3) is 6.08 Å². The van der Waals surface area contributed by atoms with Gasteiger partial charge in [0, 0.05) is 10.0 Å². The van der Waals surface area contributed by atoms with E-state index in [4.69, 9.17) is 10.6 Å². The van der Waals surface area contributed by atoms with Crippen molar-refractivity contribution < 1.29 is 9.57 Å². The van der Waals surface area contributed by atoms with Crippen LogP contribution in [0.2, 0.25) is 0 Å². The van der Waals surface area contributed by atoms with E-state index in [9.17, 15) is 0 Å². The number of benzene rings is 1. The standard InChI is InChI=1S/C10H12BrNO2/c1-13-10-5-4-9(11)7-8(10)3-2-6-14-12/h2-5,7H,6,12H2,1H3. The summed E-state index contributed by atoms with van der Waals surface area (Å²) < 4.78 is 6.19. The lowest BCUT2D eigenvalue weighted by Crippen LogP contribution is -1.97. The van der Waals surface area contributed by atoms with E-state index < -0.39 is 0 Å². The summed E-state index contributed by atoms with van der Waals surface area (Å²) in [4.78, 5) is 4.43. The van der Waals surface area contributed by atoms with Gasteiger partial charge in [0.05, 0.1) is 13.7 Å². The highest BCUT2D eigenvalue weighted by molar-refractivity contribution is 9.10. The quantitative estimate of drug-likeness (QED) is 0.843. The van der Waals surface area contributed by atoms with Gasteiger partial charge in [0.15, 0.2) is 0 Å². The van der Waals surface area contributed by atoms with Gasteiger partial charge in [-0.1, -0.05) is 28.1 Å². The Bertz CT molecular complexity index is 326. The topological polar surface area (TPSA) is 44.5 Å². The number of hydrogen-bond donors (Lipinski definition) is 1. The summed E-state index contributed by atoms with van der Waals surface area (Å²) in [5.41, 5.74) is 0.985. The Morgan fingerprint density at radius 1 is 1.50 bits per heavy atom. The molecule has 0 radical (unpaired) electrons. The maximum absolute atomic E-state index is 5.19. The largest absolute Gasteiger partial charge is 0.496 e. The van der Waals surface area contributed by atoms with Crippen LogP contribution in [-0.4, -0.2) is 13.7 Å². The summed E-state index contributed by atoms with van der Waals surface area (Å²) in [5.74, 6) is 5.72. The van der Waals surface area contributed by atoms with Crippen molar-refractivity contribution in [3.63, 3.8) is 0 Å². The number of halogens is 1. The lowest BCUT2D eigenvalue weighted by Gasteiger charge is -2.04. The van der Waals surface area contributed by atoms with E-state index in [1.54, 1.807) is 7.11 Å². The van der Waals surface area contributed by atoms with Crippen LogP contribution in [-0.2, 0) is 4.84 Å². The van der Waals surface area contributed by atoms with Crippen LogP contribution >= 0.6 is 15.9 Å². The molecule has 0 fully saturated rings. The molecule has 0 aliphatic heterocycles. The molecule has 0 aliphatic rings. The van der Waals surface area contributed by atoms with Crippen molar-refractivity contribution in [1.82, 2.24) is 0 Å². The first-order valence-electron chi connectivity index (χ1n) is 4.09. The summed E-state index contributed by atoms with van der Waals surface area (Å²) >= 11 is 3.39. The highest BCUT2D eigenvalue weighted by Crippen LogP contribution is 2.23. The van der Waals surface area contributed by atoms with Gasteiger partial charge < -0.3 is 9.57 Å². The van der Waals surface area contributed by atoms with Gasteiger partial charge in [0.1, 0.15) is 5.75 Å². The molecule has 0 atom stereocenters. The second-order valence-corrected chi connectivity index (χ2v) is 3.54. The first-order chi connectivity index (χ1) is 6.77. The van der Waals surface area contributed by atoms with Crippen molar-refractivity contribution in [3.05, 3.63) is 34.3 Å². The first kappa shape index (κ1) is 11.2. The van der Waals surface area contributed by atoms with Gasteiger partial charge in [0.2, 0.25) is 0 Å². The van der Waals surface area contributed by atoms with Crippen molar-refractivity contribution in [2.75, 3.05) is 13.7 Å². The number of hydrogen-bond acceptors (Lipinski definition) is 3. The third-order valence-corrected chi connectivity index (χ3v) is 2.17. The molecule has 0 heterocycles. The molecule has 14 heavy (non-hydrogen) atoms. The molecule has 1 aromatic carbocycles. The third kappa shape index (κ3) is 3.14. The molecule has 0 aliphatic carbocycles. The fourth-order valence-electron chi connectivity index (χ4n) is 1.07. The maximum atomic E-state index is 5.19. The van der Waals surface area contributed by atoms with Crippen LogP contribution in [0.15, 0.2) is 28.7 Å². The molecule has 0 unspecified atom stereocenters. The molecule has 76 valence electrons. The Hall–Kier alpha value is -0.840. The van der Waals surface area contributed by atoms with Gasteiger partial charge in [-0.05, 0) is 18.2 Å². The van der Waals surface area contributed by atoms with E-state index >= 15 is 0 Å². The fraction of sp³-hybridized carbons (Fsp3) is 0.200. The molecule has 0 saturated carbocycles. The average Bonchev–Trinajstić information content (AvgIpc) is 2.19. The minimum Gasteiger partial charge on any atom is -0.496 e. The fourth-order valence-corrected chi connectivity index (χ4v) is 1.44. The van der Waals surface area contributed by atoms with E-state index in [-0.39, 0.29) is 0 Å². The van der Waals surface area contributed by atoms with E-state index in [2.05, 4.69) is 20.8 Å². The molecule has 0 amide bonds. The molecule has 1 rings (SSSR count). The predicted molar refractivity (Wildman–Crippen MR) is 59.9 cm³/mol. The summed E-state index contributed by atoms with van der Waals surface area (Å²) in [6, 6.07) is 5.79. The van der Waals surface area contributed by atoms with E-state index in [1.165, 1.54) is 0 Å². The summed E-state index contributed by atoms with van der Waals surface area (Å²) in [6.45, 7) is 0.385. The van der Waals surface area contributed by atoms with E-state index in [0.717, 1.165) is 15.8 Å². The monoisotopic (exact) mass is 257 g/mol. The van der Waals surface area contributed by atoms with Crippen molar-refractivity contribution in [2.24, 2.45) is 5.90 Å². The molecule has 0 saturated heterocycles. The number of ether oxygens (including phenoxy) is 1. The van der Waals surface area contributed by atoms with Gasteiger partial charge >= 0.3 is 0 Å². The molecule has 0 bridgehead atoms. The first-order valence-corrected chi connectivity index (χ1v) is 4.89. The highest BCUT2D eigenvalue weighted by atomic mass is 79.9. The summed E-state index contributed by atoms with van der Waals surface area (Å²) in [5, 5.41) is 0. The Balaban J connectivity index is 2.87. The van der Waals surface area contributed by atoms with Gasteiger partial charge in [-0.15, -0.1) is 0 Å². The van der Waals surface area contributed by atoms with Crippen molar-refractivity contribution in [1.29, 1.82) is 0 Å². The van der Waals surface area contributed by atoms with Crippen LogP contribution in [0.3, 0.4) is 0 Å². The summed E-state index contributed by atoms with van der Waals surface area (Å²) in [6.07, 6.45) is 3.72. The van der Waals surface area contributed by atoms with Gasteiger partial charge in [-0.3, -0.25) is 0 Å². The second kappa shape index (κ2) is 5.80. The lowest BCUT2D eigenvalue weighted by molar-refractivity contribution is 0.168. The third-order valence-electron chi connectivity index (χ3n) is 1.68. The minimum absolute atomic E-state index is 0.385. The van der Waals surface area contributed by atoms with Crippen molar-refractivity contribution >= 4 is 22.0 Å². The Morgan fingerprint density at radius 2 is 2.29 bits per heavy atom.